The monoisotopic (exact) mass is 402 g/mol. The van der Waals surface area contributed by atoms with Crippen molar-refractivity contribution in [2.45, 2.75) is 46.0 Å². The fraction of sp³-hybridized carbons (Fsp3) is 0.269. The minimum atomic E-state index is -0.280. The first-order chi connectivity index (χ1) is 14.5. The number of aliphatic imine (C=N–C) groups is 1. The number of ketones is 1. The summed E-state index contributed by atoms with van der Waals surface area (Å²) in [4.78, 5) is 21.2. The number of Topliss-reactive ketones (excluding diaryl/α,β-unsaturated/α-hetero) is 1. The van der Waals surface area contributed by atoms with Gasteiger partial charge in [-0.25, -0.2) is 14.4 Å². The van der Waals surface area contributed by atoms with Crippen molar-refractivity contribution in [3.05, 3.63) is 83.8 Å². The van der Waals surface area contributed by atoms with Gasteiger partial charge in [0.05, 0.1) is 5.71 Å². The van der Waals surface area contributed by atoms with Gasteiger partial charge in [-0.05, 0) is 68.0 Å². The molecule has 0 saturated carbocycles. The second kappa shape index (κ2) is 10.6. The molecule has 0 bridgehead atoms. The van der Waals surface area contributed by atoms with E-state index in [4.69, 9.17) is 0 Å². The van der Waals surface area contributed by atoms with E-state index in [1.54, 1.807) is 19.2 Å². The van der Waals surface area contributed by atoms with Crippen LogP contribution in [0.15, 0.2) is 71.9 Å². The van der Waals surface area contributed by atoms with E-state index in [0.29, 0.717) is 18.0 Å². The zero-order chi connectivity index (χ0) is 21.3. The molecule has 0 aliphatic carbocycles. The highest BCUT2D eigenvalue weighted by atomic mass is 19.1. The van der Waals surface area contributed by atoms with E-state index >= 15 is 0 Å². The summed E-state index contributed by atoms with van der Waals surface area (Å²) in [5.74, 6) is 0.313. The van der Waals surface area contributed by atoms with E-state index in [-0.39, 0.29) is 11.6 Å². The van der Waals surface area contributed by atoms with E-state index in [1.165, 1.54) is 17.7 Å². The third kappa shape index (κ3) is 6.18. The Kier molecular flexibility index (Phi) is 7.61. The number of unbranched alkanes of at least 4 members (excludes halogenated alkanes) is 2. The minimum absolute atomic E-state index is 0.0603. The second-order valence-corrected chi connectivity index (χ2v) is 7.54. The molecule has 3 aromatic rings. The molecular formula is C26H27FN2O. The summed E-state index contributed by atoms with van der Waals surface area (Å²) in [6, 6.07) is 18.7. The van der Waals surface area contributed by atoms with Crippen LogP contribution in [0.25, 0.3) is 11.1 Å². The van der Waals surface area contributed by atoms with Crippen molar-refractivity contribution in [1.82, 2.24) is 4.98 Å². The van der Waals surface area contributed by atoms with Gasteiger partial charge in [-0.15, -0.1) is 0 Å². The van der Waals surface area contributed by atoms with Gasteiger partial charge >= 0.3 is 0 Å². The lowest BCUT2D eigenvalue weighted by Gasteiger charge is -2.06. The average molecular weight is 403 g/mol. The van der Waals surface area contributed by atoms with Crippen LogP contribution in [0.2, 0.25) is 0 Å². The molecule has 0 radical (unpaired) electrons. The molecule has 4 heteroatoms. The normalized spacial score (nSPS) is 11.5. The molecule has 0 fully saturated rings. The molecule has 2 aromatic carbocycles. The molecule has 0 atom stereocenters. The molecule has 0 unspecified atom stereocenters. The van der Waals surface area contributed by atoms with Gasteiger partial charge in [0, 0.05) is 18.2 Å². The third-order valence-corrected chi connectivity index (χ3v) is 5.10. The van der Waals surface area contributed by atoms with Crippen LogP contribution in [-0.4, -0.2) is 16.5 Å². The minimum Gasteiger partial charge on any atom is -0.293 e. The Balaban J connectivity index is 1.53. The molecule has 30 heavy (non-hydrogen) atoms. The van der Waals surface area contributed by atoms with Gasteiger partial charge in [-0.3, -0.25) is 4.79 Å². The molecule has 0 amide bonds. The lowest BCUT2D eigenvalue weighted by molar-refractivity contribution is -0.113. The van der Waals surface area contributed by atoms with Gasteiger partial charge in [0.2, 0.25) is 0 Å². The molecule has 1 heterocycles. The van der Waals surface area contributed by atoms with Crippen molar-refractivity contribution in [3.63, 3.8) is 0 Å². The Morgan fingerprint density at radius 2 is 1.77 bits per heavy atom. The molecule has 0 aliphatic rings. The van der Waals surface area contributed by atoms with Crippen molar-refractivity contribution in [3.8, 4) is 11.1 Å². The fourth-order valence-corrected chi connectivity index (χ4v) is 3.35. The van der Waals surface area contributed by atoms with E-state index in [9.17, 15) is 9.18 Å². The van der Waals surface area contributed by atoms with Crippen molar-refractivity contribution < 1.29 is 9.18 Å². The summed E-state index contributed by atoms with van der Waals surface area (Å²) in [6.07, 6.45) is 6.18. The van der Waals surface area contributed by atoms with Crippen LogP contribution in [0.4, 0.5) is 10.2 Å². The van der Waals surface area contributed by atoms with E-state index in [0.717, 1.165) is 42.4 Å². The first-order valence-electron chi connectivity index (χ1n) is 10.4. The van der Waals surface area contributed by atoms with Gasteiger partial charge in [-0.2, -0.15) is 0 Å². The number of pyridine rings is 1. The van der Waals surface area contributed by atoms with E-state index in [1.807, 2.05) is 25.1 Å². The number of carbonyl (C=O) groups excluding carboxylic acids is 1. The first kappa shape index (κ1) is 21.6. The molecule has 154 valence electrons. The van der Waals surface area contributed by atoms with Crippen LogP contribution in [0.3, 0.4) is 0 Å². The van der Waals surface area contributed by atoms with Gasteiger partial charge in [-0.1, -0.05) is 48.9 Å². The van der Waals surface area contributed by atoms with Crippen LogP contribution in [0.1, 0.15) is 43.7 Å². The van der Waals surface area contributed by atoms with Crippen LogP contribution < -0.4 is 0 Å². The summed E-state index contributed by atoms with van der Waals surface area (Å²) in [5, 5.41) is 0. The summed E-state index contributed by atoms with van der Waals surface area (Å²) in [7, 11) is 0. The fourth-order valence-electron chi connectivity index (χ4n) is 3.35. The zero-order valence-corrected chi connectivity index (χ0v) is 17.6. The molecule has 0 saturated heterocycles. The van der Waals surface area contributed by atoms with Crippen LogP contribution in [0, 0.1) is 12.7 Å². The number of hydrogen-bond donors (Lipinski definition) is 0. The summed E-state index contributed by atoms with van der Waals surface area (Å²) >= 11 is 0. The van der Waals surface area contributed by atoms with Crippen LogP contribution in [-0.2, 0) is 11.2 Å². The summed E-state index contributed by atoms with van der Waals surface area (Å²) < 4.78 is 13.5. The summed E-state index contributed by atoms with van der Waals surface area (Å²) in [5.41, 5.74) is 4.27. The molecule has 0 aliphatic heterocycles. The number of aromatic nitrogens is 1. The van der Waals surface area contributed by atoms with Gasteiger partial charge in [0.25, 0.3) is 0 Å². The van der Waals surface area contributed by atoms with Gasteiger partial charge < -0.3 is 0 Å². The number of hydrogen-bond acceptors (Lipinski definition) is 3. The maximum atomic E-state index is 13.5. The van der Waals surface area contributed by atoms with Crippen molar-refractivity contribution in [2.24, 2.45) is 4.99 Å². The highest BCUT2D eigenvalue weighted by Gasteiger charge is 2.09. The number of rotatable bonds is 9. The Labute approximate surface area is 177 Å². The lowest BCUT2D eigenvalue weighted by Crippen LogP contribution is -2.09. The van der Waals surface area contributed by atoms with Crippen LogP contribution >= 0.6 is 0 Å². The van der Waals surface area contributed by atoms with Crippen LogP contribution in [0.5, 0.6) is 0 Å². The largest absolute Gasteiger partial charge is 0.293 e. The average Bonchev–Trinajstić information content (AvgIpc) is 2.75. The van der Waals surface area contributed by atoms with Gasteiger partial charge in [0.15, 0.2) is 11.6 Å². The quantitative estimate of drug-likeness (QED) is 0.297. The Morgan fingerprint density at radius 1 is 0.967 bits per heavy atom. The first-order valence-corrected chi connectivity index (χ1v) is 10.4. The predicted octanol–water partition coefficient (Wildman–Crippen LogP) is 6.66. The maximum absolute atomic E-state index is 13.5. The smallest absolute Gasteiger partial charge is 0.176 e. The topological polar surface area (TPSA) is 42.3 Å². The second-order valence-electron chi connectivity index (χ2n) is 7.54. The third-order valence-electron chi connectivity index (χ3n) is 5.10. The van der Waals surface area contributed by atoms with E-state index < -0.39 is 0 Å². The molecule has 0 N–H and O–H groups in total. The molecule has 1 aromatic heterocycles. The molecule has 3 rings (SSSR count). The van der Waals surface area contributed by atoms with Crippen molar-refractivity contribution in [1.29, 1.82) is 0 Å². The zero-order valence-electron chi connectivity index (χ0n) is 17.6. The Hall–Kier alpha value is -3.14. The molecular weight excluding hydrogens is 375 g/mol. The van der Waals surface area contributed by atoms with Gasteiger partial charge in [0.1, 0.15) is 5.82 Å². The highest BCUT2D eigenvalue weighted by Crippen LogP contribution is 2.25. The number of halogens is 1. The van der Waals surface area contributed by atoms with E-state index in [2.05, 4.69) is 34.2 Å². The maximum Gasteiger partial charge on any atom is 0.176 e. The van der Waals surface area contributed by atoms with Crippen molar-refractivity contribution >= 4 is 17.3 Å². The number of carbonyl (C=O) groups is 1. The highest BCUT2D eigenvalue weighted by molar-refractivity contribution is 6.39. The summed E-state index contributed by atoms with van der Waals surface area (Å²) in [6.45, 7) is 3.64. The number of aryl methyl sites for hydroxylation is 2. The number of benzene rings is 2. The van der Waals surface area contributed by atoms with Crippen molar-refractivity contribution in [2.75, 3.05) is 0 Å². The SMILES string of the molecule is CC(=Nc1ncc(-c2cccc(F)c2)cc1C)C(=O)CCCCCc1ccccc1. The predicted molar refractivity (Wildman–Crippen MR) is 121 cm³/mol. The molecule has 0 spiro atoms. The number of nitrogens with zero attached hydrogens (tertiary/aromatic N) is 2. The standard InChI is InChI=1S/C26H27FN2O/c1-19-16-23(22-13-9-14-24(27)17-22)18-28-26(19)29-20(2)25(30)15-8-4-7-12-21-10-5-3-6-11-21/h3,5-6,9-11,13-14,16-18H,4,7-8,12,15H2,1-2H3. The Morgan fingerprint density at radius 3 is 2.50 bits per heavy atom. The molecule has 3 nitrogen and oxygen atoms in total. The Bertz CT molecular complexity index is 1030. The lowest BCUT2D eigenvalue weighted by atomic mass is 10.0.